The molecular weight excluding hydrogens is 494 g/mol. The van der Waals surface area contributed by atoms with Crippen molar-refractivity contribution >= 4 is 51.6 Å². The lowest BCUT2D eigenvalue weighted by molar-refractivity contribution is -0.148. The molecule has 2 aromatic rings. The van der Waals surface area contributed by atoms with Gasteiger partial charge in [0, 0.05) is 6.26 Å². The van der Waals surface area contributed by atoms with E-state index in [4.69, 9.17) is 39.5 Å². The molecule has 14 heteroatoms. The summed E-state index contributed by atoms with van der Waals surface area (Å²) in [6.45, 7) is 3.61. The van der Waals surface area contributed by atoms with E-state index in [9.17, 15) is 22.2 Å². The van der Waals surface area contributed by atoms with Gasteiger partial charge in [-0.05, 0) is 25.0 Å². The van der Waals surface area contributed by atoms with Crippen molar-refractivity contribution in [1.82, 2.24) is 9.78 Å². The maximum Gasteiger partial charge on any atom is 0.416 e. The van der Waals surface area contributed by atoms with Crippen LogP contribution in [-0.4, -0.2) is 32.1 Å². The van der Waals surface area contributed by atoms with Gasteiger partial charge in [-0.3, -0.25) is 4.21 Å². The number of alkyl halides is 3. The Hall–Kier alpha value is -2.31. The highest BCUT2D eigenvalue weighted by Crippen LogP contribution is 2.39. The predicted octanol–water partition coefficient (Wildman–Crippen LogP) is 4.12. The van der Waals surface area contributed by atoms with Gasteiger partial charge in [0.1, 0.15) is 22.1 Å². The highest BCUT2D eigenvalue weighted by molar-refractivity contribution is 7.84. The van der Waals surface area contributed by atoms with Gasteiger partial charge in [-0.15, -0.1) is 0 Å². The summed E-state index contributed by atoms with van der Waals surface area (Å²) < 4.78 is 52.2. The number of benzene rings is 1. The molecule has 2 rings (SSSR count). The molecule has 8 nitrogen and oxygen atoms in total. The molecule has 0 bridgehead atoms. The molecule has 1 atom stereocenters. The molecule has 176 valence electrons. The fraction of sp³-hybridized carbons (Fsp3) is 0.389. The fourth-order valence-corrected chi connectivity index (χ4v) is 4.25. The lowest BCUT2D eigenvalue weighted by atomic mass is 10.0. The van der Waals surface area contributed by atoms with E-state index < -0.39 is 50.3 Å². The topological polar surface area (TPSA) is 126 Å². The molecule has 0 aliphatic carbocycles. The van der Waals surface area contributed by atoms with E-state index in [2.05, 4.69) is 10.3 Å². The van der Waals surface area contributed by atoms with Gasteiger partial charge in [0.25, 0.3) is 0 Å². The molecule has 0 saturated carbocycles. The molecule has 32 heavy (non-hydrogen) atoms. The summed E-state index contributed by atoms with van der Waals surface area (Å²) in [4.78, 5) is 16.8. The minimum absolute atomic E-state index is 0.0862. The molecule has 0 fully saturated rings. The first kappa shape index (κ1) is 25.9. The third-order valence-electron chi connectivity index (χ3n) is 4.51. The Morgan fingerprint density at radius 1 is 1.28 bits per heavy atom. The fourth-order valence-electron chi connectivity index (χ4n) is 2.80. The first-order valence-corrected chi connectivity index (χ1v) is 11.5. The van der Waals surface area contributed by atoms with Crippen LogP contribution < -0.4 is 11.5 Å². The van der Waals surface area contributed by atoms with Crippen molar-refractivity contribution in [3.8, 4) is 5.69 Å². The molecule has 0 amide bonds. The number of amidine groups is 1. The molecule has 0 saturated heterocycles. The Morgan fingerprint density at radius 2 is 1.81 bits per heavy atom. The Balaban J connectivity index is 2.59. The van der Waals surface area contributed by atoms with E-state index in [0.717, 1.165) is 4.68 Å². The lowest BCUT2D eigenvalue weighted by Gasteiger charge is -2.13. The van der Waals surface area contributed by atoms with Gasteiger partial charge < -0.3 is 16.3 Å². The zero-order chi connectivity index (χ0) is 24.4. The van der Waals surface area contributed by atoms with Crippen LogP contribution in [0.3, 0.4) is 0 Å². The van der Waals surface area contributed by atoms with Gasteiger partial charge in [-0.1, -0.05) is 42.2 Å². The monoisotopic (exact) mass is 513 g/mol. The maximum absolute atomic E-state index is 13.0. The Bertz CT molecular complexity index is 1060. The molecule has 1 heterocycles. The van der Waals surface area contributed by atoms with Crippen molar-refractivity contribution in [2.75, 3.05) is 12.0 Å². The third-order valence-corrected chi connectivity index (χ3v) is 6.07. The van der Waals surface area contributed by atoms with Crippen LogP contribution in [0, 0.1) is 5.92 Å². The minimum atomic E-state index is -4.68. The summed E-state index contributed by atoms with van der Waals surface area (Å²) in [7, 11) is -1.76. The quantitative estimate of drug-likeness (QED) is 0.248. The summed E-state index contributed by atoms with van der Waals surface area (Å²) in [5.74, 6) is -1.66. The average Bonchev–Trinajstić information content (AvgIpc) is 3.03. The van der Waals surface area contributed by atoms with Crippen LogP contribution in [0.2, 0.25) is 10.0 Å². The third kappa shape index (κ3) is 5.36. The van der Waals surface area contributed by atoms with E-state index in [1.165, 1.54) is 6.26 Å². The standard InChI is InChI=1S/C18H20Cl2F3N5O3S/c1-4-8(5-2)17(29)31-27-15(24)12-14(32(3)30)16(25)28(26-12)13-10(19)6-9(7-11(13)20)18(21,22)23/h6-8H,4-5,25H2,1-3H3,(H2,24,27). The number of hydrogen-bond donors (Lipinski definition) is 2. The highest BCUT2D eigenvalue weighted by atomic mass is 35.5. The van der Waals surface area contributed by atoms with Gasteiger partial charge in [0.2, 0.25) is 0 Å². The van der Waals surface area contributed by atoms with Gasteiger partial charge in [0.15, 0.2) is 5.84 Å². The van der Waals surface area contributed by atoms with Gasteiger partial charge in [0.05, 0.1) is 32.3 Å². The normalized spacial score (nSPS) is 13.5. The van der Waals surface area contributed by atoms with Crippen LogP contribution in [0.1, 0.15) is 37.9 Å². The molecule has 0 aliphatic heterocycles. The number of carbonyl (C=O) groups excluding carboxylic acids is 1. The van der Waals surface area contributed by atoms with Crippen LogP contribution in [-0.2, 0) is 26.6 Å². The first-order valence-electron chi connectivity index (χ1n) is 9.16. The van der Waals surface area contributed by atoms with Crippen molar-refractivity contribution in [2.24, 2.45) is 16.8 Å². The van der Waals surface area contributed by atoms with Crippen LogP contribution in [0.15, 0.2) is 22.2 Å². The molecule has 1 aromatic heterocycles. The molecule has 0 radical (unpaired) electrons. The van der Waals surface area contributed by atoms with Crippen molar-refractivity contribution < 1.29 is 27.0 Å². The predicted molar refractivity (Wildman–Crippen MR) is 116 cm³/mol. The first-order chi connectivity index (χ1) is 14.8. The number of nitrogens with two attached hydrogens (primary N) is 2. The smallest absolute Gasteiger partial charge is 0.383 e. The molecule has 0 spiro atoms. The van der Waals surface area contributed by atoms with E-state index in [-0.39, 0.29) is 22.1 Å². The number of aromatic nitrogens is 2. The van der Waals surface area contributed by atoms with Crippen LogP contribution >= 0.6 is 23.2 Å². The van der Waals surface area contributed by atoms with Gasteiger partial charge in [-0.2, -0.15) is 18.3 Å². The SMILES string of the molecule is CCC(CC)C(=O)O/N=C(\N)c1nn(-c2c(Cl)cc(C(F)(F)F)cc2Cl)c(N)c1S(C)=O. The van der Waals surface area contributed by atoms with Crippen molar-refractivity contribution in [1.29, 1.82) is 0 Å². The zero-order valence-corrected chi connectivity index (χ0v) is 19.5. The van der Waals surface area contributed by atoms with Crippen LogP contribution in [0.25, 0.3) is 5.69 Å². The van der Waals surface area contributed by atoms with Crippen molar-refractivity contribution in [2.45, 2.75) is 37.8 Å². The Morgan fingerprint density at radius 3 is 2.25 bits per heavy atom. The van der Waals surface area contributed by atoms with E-state index in [0.29, 0.717) is 25.0 Å². The van der Waals surface area contributed by atoms with Gasteiger partial charge in [-0.25, -0.2) is 9.48 Å². The van der Waals surface area contributed by atoms with Crippen molar-refractivity contribution in [3.05, 3.63) is 33.4 Å². The van der Waals surface area contributed by atoms with Crippen LogP contribution in [0.5, 0.6) is 0 Å². The second-order valence-electron chi connectivity index (χ2n) is 6.62. The second-order valence-corrected chi connectivity index (χ2v) is 8.75. The largest absolute Gasteiger partial charge is 0.416 e. The molecule has 0 aliphatic rings. The molecule has 1 unspecified atom stereocenters. The number of carbonyl (C=O) groups is 1. The number of rotatable bonds is 7. The summed E-state index contributed by atoms with van der Waals surface area (Å²) >= 11 is 12.1. The van der Waals surface area contributed by atoms with Gasteiger partial charge >= 0.3 is 12.1 Å². The number of anilines is 1. The molecule has 1 aromatic carbocycles. The Labute approximate surface area is 194 Å². The average molecular weight is 514 g/mol. The van der Waals surface area contributed by atoms with E-state index in [1.807, 2.05) is 0 Å². The number of halogens is 5. The number of nitrogens with zero attached hydrogens (tertiary/aromatic N) is 3. The molecule has 4 N–H and O–H groups in total. The second kappa shape index (κ2) is 10.1. The molecular formula is C18H20Cl2F3N5O3S. The summed E-state index contributed by atoms with van der Waals surface area (Å²) in [5.41, 5.74) is 10.5. The summed E-state index contributed by atoms with van der Waals surface area (Å²) in [5, 5.41) is 6.82. The summed E-state index contributed by atoms with van der Waals surface area (Å²) in [6.07, 6.45) is -2.35. The van der Waals surface area contributed by atoms with Crippen LogP contribution in [0.4, 0.5) is 19.0 Å². The van der Waals surface area contributed by atoms with E-state index in [1.54, 1.807) is 13.8 Å². The zero-order valence-electron chi connectivity index (χ0n) is 17.2. The summed E-state index contributed by atoms with van der Waals surface area (Å²) in [6, 6.07) is 1.31. The number of oxime groups is 1. The van der Waals surface area contributed by atoms with E-state index >= 15 is 0 Å². The minimum Gasteiger partial charge on any atom is -0.383 e. The lowest BCUT2D eigenvalue weighted by Crippen LogP contribution is -2.20. The maximum atomic E-state index is 13.0. The van der Waals surface area contributed by atoms with Crippen molar-refractivity contribution in [3.63, 3.8) is 0 Å². The Kier molecular flexibility index (Phi) is 8.18. The number of nitrogen functional groups attached to an aromatic ring is 1. The highest BCUT2D eigenvalue weighted by Gasteiger charge is 2.33. The number of hydrogen-bond acceptors (Lipinski definition) is 6.